The number of aryl methyl sites for hydroxylation is 1. The summed E-state index contributed by atoms with van der Waals surface area (Å²) in [5, 5.41) is 4.33. The molecule has 6 heteroatoms. The molecule has 0 saturated heterocycles. The van der Waals surface area contributed by atoms with Gasteiger partial charge in [-0.3, -0.25) is 4.79 Å². The van der Waals surface area contributed by atoms with Gasteiger partial charge in [-0.05, 0) is 61.4 Å². The van der Waals surface area contributed by atoms with Crippen molar-refractivity contribution in [3.8, 4) is 5.75 Å². The van der Waals surface area contributed by atoms with Crippen molar-refractivity contribution in [1.82, 2.24) is 5.32 Å². The number of thioether (sulfide) groups is 1. The number of carbonyl (C=O) groups is 1. The van der Waals surface area contributed by atoms with Gasteiger partial charge in [0.2, 0.25) is 0 Å². The van der Waals surface area contributed by atoms with Gasteiger partial charge in [-0.25, -0.2) is 0 Å². The predicted molar refractivity (Wildman–Crippen MR) is 106 cm³/mol. The molecule has 0 fully saturated rings. The number of hydrogen-bond donors (Lipinski definition) is 1. The first-order valence-electron chi connectivity index (χ1n) is 8.08. The molecule has 0 bridgehead atoms. The Morgan fingerprint density at radius 3 is 2.56 bits per heavy atom. The van der Waals surface area contributed by atoms with Gasteiger partial charge in [0.15, 0.2) is 6.10 Å². The first-order chi connectivity index (χ1) is 12.0. The summed E-state index contributed by atoms with van der Waals surface area (Å²) in [6.07, 6.45) is 0.0822. The van der Waals surface area contributed by atoms with Crippen LogP contribution in [-0.2, 0) is 4.79 Å². The number of benzene rings is 2. The van der Waals surface area contributed by atoms with Crippen LogP contribution in [0.4, 0.5) is 0 Å². The lowest BCUT2D eigenvalue weighted by atomic mass is 10.2. The number of carbonyl (C=O) groups excluding carboxylic acids is 1. The highest BCUT2D eigenvalue weighted by molar-refractivity contribution is 7.99. The highest BCUT2D eigenvalue weighted by atomic mass is 35.5. The van der Waals surface area contributed by atoms with Gasteiger partial charge in [0.1, 0.15) is 5.75 Å². The second-order valence-corrected chi connectivity index (χ2v) is 7.53. The molecule has 1 atom stereocenters. The standard InChI is InChI=1S/C19H21Cl2NO2S/c1-3-18(24-15-6-9-17(21)13(2)12-15)19(23)22-10-11-25-16-7-4-14(20)5-8-16/h4-9,12,18H,3,10-11H2,1-2H3,(H,22,23)/t18-/m1/s1. The van der Waals surface area contributed by atoms with Crippen molar-refractivity contribution in [2.24, 2.45) is 0 Å². The summed E-state index contributed by atoms with van der Waals surface area (Å²) >= 11 is 13.5. The largest absolute Gasteiger partial charge is 0.481 e. The van der Waals surface area contributed by atoms with Crippen LogP contribution < -0.4 is 10.1 Å². The van der Waals surface area contributed by atoms with Crippen LogP contribution in [0.15, 0.2) is 47.4 Å². The molecule has 0 aliphatic heterocycles. The first kappa shape index (κ1) is 20.0. The van der Waals surface area contributed by atoms with Crippen LogP contribution in [0.5, 0.6) is 5.75 Å². The Kier molecular flexibility index (Phi) is 7.94. The molecule has 25 heavy (non-hydrogen) atoms. The highest BCUT2D eigenvalue weighted by Crippen LogP contribution is 2.22. The van der Waals surface area contributed by atoms with Crippen molar-refractivity contribution in [3.05, 3.63) is 58.1 Å². The average Bonchev–Trinajstić information content (AvgIpc) is 2.61. The van der Waals surface area contributed by atoms with Crippen molar-refractivity contribution >= 4 is 40.9 Å². The molecule has 0 aromatic heterocycles. The monoisotopic (exact) mass is 397 g/mol. The Balaban J connectivity index is 1.79. The van der Waals surface area contributed by atoms with Crippen LogP contribution >= 0.6 is 35.0 Å². The van der Waals surface area contributed by atoms with E-state index in [9.17, 15) is 4.79 Å². The Bertz CT molecular complexity index is 707. The zero-order valence-corrected chi connectivity index (χ0v) is 16.5. The van der Waals surface area contributed by atoms with Crippen molar-refractivity contribution in [3.63, 3.8) is 0 Å². The van der Waals surface area contributed by atoms with Gasteiger partial charge in [-0.1, -0.05) is 30.1 Å². The molecule has 0 spiro atoms. The number of rotatable bonds is 8. The highest BCUT2D eigenvalue weighted by Gasteiger charge is 2.18. The van der Waals surface area contributed by atoms with Crippen molar-refractivity contribution in [2.75, 3.05) is 12.3 Å². The predicted octanol–water partition coefficient (Wildman–Crippen LogP) is 5.37. The third kappa shape index (κ3) is 6.46. The fourth-order valence-electron chi connectivity index (χ4n) is 2.16. The van der Waals surface area contributed by atoms with Crippen molar-refractivity contribution in [2.45, 2.75) is 31.3 Å². The quantitative estimate of drug-likeness (QED) is 0.480. The van der Waals surface area contributed by atoms with E-state index in [0.717, 1.165) is 21.2 Å². The van der Waals surface area contributed by atoms with Crippen LogP contribution in [0.2, 0.25) is 10.0 Å². The smallest absolute Gasteiger partial charge is 0.261 e. The van der Waals surface area contributed by atoms with E-state index in [0.29, 0.717) is 23.7 Å². The molecule has 2 aromatic carbocycles. The lowest BCUT2D eigenvalue weighted by Gasteiger charge is -2.17. The Morgan fingerprint density at radius 2 is 1.92 bits per heavy atom. The summed E-state index contributed by atoms with van der Waals surface area (Å²) in [4.78, 5) is 13.4. The molecule has 0 saturated carbocycles. The minimum absolute atomic E-state index is 0.105. The first-order valence-corrected chi connectivity index (χ1v) is 9.82. The third-order valence-corrected chi connectivity index (χ3v) is 5.24. The summed E-state index contributed by atoms with van der Waals surface area (Å²) in [6.45, 7) is 4.41. The fourth-order valence-corrected chi connectivity index (χ4v) is 3.18. The number of nitrogens with one attached hydrogen (secondary N) is 1. The van der Waals surface area contributed by atoms with Gasteiger partial charge < -0.3 is 10.1 Å². The Morgan fingerprint density at radius 1 is 1.20 bits per heavy atom. The second kappa shape index (κ2) is 9.95. The van der Waals surface area contributed by atoms with Gasteiger partial charge in [0, 0.05) is 27.2 Å². The molecular formula is C19H21Cl2NO2S. The number of ether oxygens (including phenoxy) is 1. The van der Waals surface area contributed by atoms with Gasteiger partial charge in [-0.2, -0.15) is 0 Å². The normalized spacial score (nSPS) is 11.8. The van der Waals surface area contributed by atoms with E-state index in [4.69, 9.17) is 27.9 Å². The van der Waals surface area contributed by atoms with E-state index in [2.05, 4.69) is 5.32 Å². The van der Waals surface area contributed by atoms with E-state index < -0.39 is 6.10 Å². The zero-order valence-electron chi connectivity index (χ0n) is 14.2. The van der Waals surface area contributed by atoms with E-state index in [-0.39, 0.29) is 5.91 Å². The number of amides is 1. The van der Waals surface area contributed by atoms with Gasteiger partial charge in [0.05, 0.1) is 0 Å². The summed E-state index contributed by atoms with van der Waals surface area (Å²) in [6, 6.07) is 13.1. The SMILES string of the molecule is CC[C@@H](Oc1ccc(Cl)c(C)c1)C(=O)NCCSc1ccc(Cl)cc1. The number of halogens is 2. The molecular weight excluding hydrogens is 377 g/mol. The van der Waals surface area contributed by atoms with E-state index >= 15 is 0 Å². The van der Waals surface area contributed by atoms with Gasteiger partial charge in [-0.15, -0.1) is 11.8 Å². The van der Waals surface area contributed by atoms with Gasteiger partial charge >= 0.3 is 0 Å². The molecule has 0 radical (unpaired) electrons. The molecule has 3 nitrogen and oxygen atoms in total. The molecule has 1 N–H and O–H groups in total. The molecule has 0 heterocycles. The molecule has 0 unspecified atom stereocenters. The summed E-state index contributed by atoms with van der Waals surface area (Å²) < 4.78 is 5.80. The topological polar surface area (TPSA) is 38.3 Å². The second-order valence-electron chi connectivity index (χ2n) is 5.52. The molecule has 1 amide bonds. The Hall–Kier alpha value is -1.36. The summed E-state index contributed by atoms with van der Waals surface area (Å²) in [5.74, 6) is 1.33. The van der Waals surface area contributed by atoms with Crippen molar-refractivity contribution < 1.29 is 9.53 Å². The van der Waals surface area contributed by atoms with E-state index in [1.807, 2.05) is 44.2 Å². The van der Waals surface area contributed by atoms with Crippen LogP contribution in [0.25, 0.3) is 0 Å². The lowest BCUT2D eigenvalue weighted by molar-refractivity contribution is -0.127. The molecule has 2 aromatic rings. The van der Waals surface area contributed by atoms with Crippen LogP contribution in [-0.4, -0.2) is 24.3 Å². The zero-order chi connectivity index (χ0) is 18.2. The maximum absolute atomic E-state index is 12.3. The molecule has 134 valence electrons. The van der Waals surface area contributed by atoms with Crippen LogP contribution in [0.3, 0.4) is 0 Å². The van der Waals surface area contributed by atoms with Gasteiger partial charge in [0.25, 0.3) is 5.91 Å². The maximum Gasteiger partial charge on any atom is 0.261 e. The van der Waals surface area contributed by atoms with E-state index in [1.165, 1.54) is 0 Å². The van der Waals surface area contributed by atoms with E-state index in [1.54, 1.807) is 23.9 Å². The van der Waals surface area contributed by atoms with Crippen LogP contribution in [0, 0.1) is 6.92 Å². The lowest BCUT2D eigenvalue weighted by Crippen LogP contribution is -2.39. The minimum atomic E-state index is -0.513. The molecule has 0 aliphatic carbocycles. The molecule has 0 aliphatic rings. The summed E-state index contributed by atoms with van der Waals surface area (Å²) in [7, 11) is 0. The van der Waals surface area contributed by atoms with Crippen LogP contribution in [0.1, 0.15) is 18.9 Å². The maximum atomic E-state index is 12.3. The third-order valence-electron chi connectivity index (χ3n) is 3.55. The minimum Gasteiger partial charge on any atom is -0.481 e. The number of hydrogen-bond acceptors (Lipinski definition) is 3. The average molecular weight is 398 g/mol. The molecule has 2 rings (SSSR count). The van der Waals surface area contributed by atoms with Crippen molar-refractivity contribution in [1.29, 1.82) is 0 Å². The fraction of sp³-hybridized carbons (Fsp3) is 0.316. The summed E-state index contributed by atoms with van der Waals surface area (Å²) in [5.41, 5.74) is 0.925. The Labute approximate surface area is 163 Å².